The number of H-pyrrole nitrogens is 1. The molecule has 0 fully saturated rings. The lowest BCUT2D eigenvalue weighted by Crippen LogP contribution is -2.19. The summed E-state index contributed by atoms with van der Waals surface area (Å²) in [6.07, 6.45) is 3.23. The van der Waals surface area contributed by atoms with Gasteiger partial charge in [-0.15, -0.1) is 11.8 Å². The SMILES string of the molecule is NC(=S)Nc1cccc(C(=O)Nc2cccc(CSc3ncnc4[nH]ncc34)c2)c1. The van der Waals surface area contributed by atoms with Crippen LogP contribution >= 0.6 is 24.0 Å². The van der Waals surface area contributed by atoms with E-state index in [0.717, 1.165) is 16.0 Å². The van der Waals surface area contributed by atoms with Gasteiger partial charge in [-0.3, -0.25) is 9.89 Å². The van der Waals surface area contributed by atoms with Gasteiger partial charge in [-0.2, -0.15) is 5.10 Å². The van der Waals surface area contributed by atoms with E-state index in [2.05, 4.69) is 30.8 Å². The van der Waals surface area contributed by atoms with Crippen molar-refractivity contribution in [2.45, 2.75) is 10.8 Å². The van der Waals surface area contributed by atoms with Crippen LogP contribution in [0.2, 0.25) is 0 Å². The summed E-state index contributed by atoms with van der Waals surface area (Å²) in [6, 6.07) is 14.7. The summed E-state index contributed by atoms with van der Waals surface area (Å²) in [4.78, 5) is 21.1. The zero-order valence-corrected chi connectivity index (χ0v) is 17.3. The van der Waals surface area contributed by atoms with Gasteiger partial charge in [0.05, 0.1) is 11.6 Å². The maximum atomic E-state index is 12.6. The number of thioether (sulfide) groups is 1. The van der Waals surface area contributed by atoms with Crippen LogP contribution in [0.3, 0.4) is 0 Å². The van der Waals surface area contributed by atoms with Gasteiger partial charge < -0.3 is 16.4 Å². The van der Waals surface area contributed by atoms with Gasteiger partial charge in [-0.1, -0.05) is 18.2 Å². The summed E-state index contributed by atoms with van der Waals surface area (Å²) >= 11 is 6.42. The Hall–Kier alpha value is -3.50. The molecule has 0 spiro atoms. The third-order valence-electron chi connectivity index (χ3n) is 4.16. The standard InChI is InChI=1S/C20H17N7OS2/c21-20(29)26-15-6-2-4-13(8-15)18(28)25-14-5-1-3-12(7-14)10-30-19-16-9-24-27-17(16)22-11-23-19/h1-9,11H,10H2,(H,25,28)(H3,21,26,29)(H,22,23,24,27). The highest BCUT2D eigenvalue weighted by atomic mass is 32.2. The van der Waals surface area contributed by atoms with Crippen LogP contribution in [-0.2, 0) is 5.75 Å². The van der Waals surface area contributed by atoms with Gasteiger partial charge in [0, 0.05) is 22.7 Å². The lowest BCUT2D eigenvalue weighted by molar-refractivity contribution is 0.102. The summed E-state index contributed by atoms with van der Waals surface area (Å²) in [6.45, 7) is 0. The number of benzene rings is 2. The van der Waals surface area contributed by atoms with Gasteiger partial charge in [0.15, 0.2) is 10.8 Å². The van der Waals surface area contributed by atoms with Gasteiger partial charge >= 0.3 is 0 Å². The molecule has 0 saturated heterocycles. The maximum Gasteiger partial charge on any atom is 0.255 e. The molecule has 0 saturated carbocycles. The van der Waals surface area contributed by atoms with Crippen LogP contribution in [-0.4, -0.2) is 31.2 Å². The van der Waals surface area contributed by atoms with Gasteiger partial charge in [-0.05, 0) is 48.1 Å². The summed E-state index contributed by atoms with van der Waals surface area (Å²) in [5, 5.41) is 14.5. The van der Waals surface area contributed by atoms with E-state index in [9.17, 15) is 4.79 Å². The van der Waals surface area contributed by atoms with E-state index < -0.39 is 0 Å². The van der Waals surface area contributed by atoms with Crippen molar-refractivity contribution in [2.24, 2.45) is 5.73 Å². The minimum Gasteiger partial charge on any atom is -0.376 e. The fourth-order valence-corrected chi connectivity index (χ4v) is 3.86. The fraction of sp³-hybridized carbons (Fsp3) is 0.0500. The summed E-state index contributed by atoms with van der Waals surface area (Å²) in [5.74, 6) is 0.469. The van der Waals surface area contributed by atoms with Crippen LogP contribution in [0.15, 0.2) is 66.1 Å². The first-order valence-corrected chi connectivity index (χ1v) is 10.3. The number of amides is 1. The molecule has 4 aromatic rings. The third kappa shape index (κ3) is 4.73. The molecule has 0 atom stereocenters. The predicted molar refractivity (Wildman–Crippen MR) is 122 cm³/mol. The van der Waals surface area contributed by atoms with Crippen LogP contribution in [0.25, 0.3) is 11.0 Å². The number of rotatable bonds is 6. The largest absolute Gasteiger partial charge is 0.376 e. The van der Waals surface area contributed by atoms with E-state index in [1.54, 1.807) is 42.2 Å². The summed E-state index contributed by atoms with van der Waals surface area (Å²) < 4.78 is 0. The van der Waals surface area contributed by atoms with Crippen LogP contribution < -0.4 is 16.4 Å². The number of fused-ring (bicyclic) bond motifs is 1. The number of hydrogen-bond donors (Lipinski definition) is 4. The number of nitrogens with one attached hydrogen (secondary N) is 3. The normalized spacial score (nSPS) is 10.7. The van der Waals surface area contributed by atoms with Gasteiger partial charge in [0.1, 0.15) is 11.4 Å². The molecule has 10 heteroatoms. The average Bonchev–Trinajstić information content (AvgIpc) is 3.22. The molecule has 150 valence electrons. The molecule has 8 nitrogen and oxygen atoms in total. The Kier molecular flexibility index (Phi) is 5.87. The van der Waals surface area contributed by atoms with Crippen molar-refractivity contribution < 1.29 is 4.79 Å². The molecule has 0 aliphatic carbocycles. The quantitative estimate of drug-likeness (QED) is 0.206. The molecule has 0 unspecified atom stereocenters. The molecular weight excluding hydrogens is 418 g/mol. The molecule has 2 heterocycles. The van der Waals surface area contributed by atoms with E-state index in [0.29, 0.717) is 28.3 Å². The number of hydrogen-bond acceptors (Lipinski definition) is 6. The highest BCUT2D eigenvalue weighted by Crippen LogP contribution is 2.27. The molecule has 0 radical (unpaired) electrons. The van der Waals surface area contributed by atoms with Crippen molar-refractivity contribution in [3.63, 3.8) is 0 Å². The van der Waals surface area contributed by atoms with Gasteiger partial charge in [0.2, 0.25) is 0 Å². The van der Waals surface area contributed by atoms with Crippen LogP contribution in [0.1, 0.15) is 15.9 Å². The van der Waals surface area contributed by atoms with Crippen molar-refractivity contribution in [3.8, 4) is 0 Å². The molecule has 2 aromatic heterocycles. The molecular formula is C20H17N7OS2. The molecule has 0 bridgehead atoms. The number of aromatic amines is 1. The number of aromatic nitrogens is 4. The second-order valence-electron chi connectivity index (χ2n) is 6.32. The van der Waals surface area contributed by atoms with E-state index in [1.165, 1.54) is 6.33 Å². The first-order valence-electron chi connectivity index (χ1n) is 8.92. The van der Waals surface area contributed by atoms with Crippen molar-refractivity contribution in [2.75, 3.05) is 10.6 Å². The predicted octanol–water partition coefficient (Wildman–Crippen LogP) is 3.55. The maximum absolute atomic E-state index is 12.6. The molecule has 5 N–H and O–H groups in total. The van der Waals surface area contributed by atoms with Crippen molar-refractivity contribution in [3.05, 3.63) is 72.2 Å². The Bertz CT molecular complexity index is 1220. The lowest BCUT2D eigenvalue weighted by atomic mass is 10.1. The van der Waals surface area contributed by atoms with E-state index in [4.69, 9.17) is 18.0 Å². The van der Waals surface area contributed by atoms with Crippen LogP contribution in [0.4, 0.5) is 11.4 Å². The molecule has 0 aliphatic rings. The minimum atomic E-state index is -0.220. The number of nitrogens with two attached hydrogens (primary N) is 1. The molecule has 30 heavy (non-hydrogen) atoms. The number of carbonyl (C=O) groups is 1. The molecule has 2 aromatic carbocycles. The summed E-state index contributed by atoms with van der Waals surface area (Å²) in [5.41, 5.74) is 9.12. The number of thiocarbonyl (C=S) groups is 1. The zero-order valence-electron chi connectivity index (χ0n) is 15.6. The highest BCUT2D eigenvalue weighted by Gasteiger charge is 2.09. The first-order chi connectivity index (χ1) is 14.6. The Labute approximate surface area is 181 Å². The average molecular weight is 436 g/mol. The highest BCUT2D eigenvalue weighted by molar-refractivity contribution is 7.98. The smallest absolute Gasteiger partial charge is 0.255 e. The van der Waals surface area contributed by atoms with Gasteiger partial charge in [-0.25, -0.2) is 9.97 Å². The Morgan fingerprint density at radius 3 is 2.73 bits per heavy atom. The monoisotopic (exact) mass is 435 g/mol. The van der Waals surface area contributed by atoms with Crippen molar-refractivity contribution in [1.29, 1.82) is 0 Å². The Morgan fingerprint density at radius 2 is 1.90 bits per heavy atom. The number of carbonyl (C=O) groups excluding carboxylic acids is 1. The molecule has 0 aliphatic heterocycles. The third-order valence-corrected chi connectivity index (χ3v) is 5.34. The molecule has 4 rings (SSSR count). The fourth-order valence-electron chi connectivity index (χ4n) is 2.83. The van der Waals surface area contributed by atoms with Gasteiger partial charge in [0.25, 0.3) is 5.91 Å². The molecule has 1 amide bonds. The Balaban J connectivity index is 1.44. The number of anilines is 2. The Morgan fingerprint density at radius 1 is 1.10 bits per heavy atom. The number of nitrogens with zero attached hydrogens (tertiary/aromatic N) is 3. The van der Waals surface area contributed by atoms with E-state index in [-0.39, 0.29) is 11.0 Å². The minimum absolute atomic E-state index is 0.147. The van der Waals surface area contributed by atoms with E-state index in [1.807, 2.05) is 24.3 Å². The van der Waals surface area contributed by atoms with Crippen LogP contribution in [0.5, 0.6) is 0 Å². The van der Waals surface area contributed by atoms with E-state index >= 15 is 0 Å². The second kappa shape index (κ2) is 8.89. The first kappa shape index (κ1) is 19.8. The topological polar surface area (TPSA) is 122 Å². The zero-order chi connectivity index (χ0) is 20.9. The second-order valence-corrected chi connectivity index (χ2v) is 7.73. The summed E-state index contributed by atoms with van der Waals surface area (Å²) in [7, 11) is 0. The lowest BCUT2D eigenvalue weighted by Gasteiger charge is -2.09. The van der Waals surface area contributed by atoms with Crippen molar-refractivity contribution >= 4 is 57.4 Å². The van der Waals surface area contributed by atoms with Crippen molar-refractivity contribution in [1.82, 2.24) is 20.2 Å². The van der Waals surface area contributed by atoms with Crippen LogP contribution in [0, 0.1) is 0 Å².